The smallest absolute Gasteiger partial charge is 0.257 e. The number of carbonyl (C=O) groups excluding carboxylic acids is 1. The minimum absolute atomic E-state index is 0.0504. The average molecular weight is 356 g/mol. The first kappa shape index (κ1) is 17.0. The van der Waals surface area contributed by atoms with Gasteiger partial charge >= 0.3 is 0 Å². The van der Waals surface area contributed by atoms with Crippen LogP contribution in [0, 0.1) is 12.7 Å². The van der Waals surface area contributed by atoms with E-state index in [1.54, 1.807) is 18.2 Å². The molecule has 0 heterocycles. The third-order valence-corrected chi connectivity index (χ3v) is 3.87. The molecule has 1 N–H and O–H groups in total. The Labute approximate surface area is 150 Å². The van der Waals surface area contributed by atoms with E-state index in [0.717, 1.165) is 11.6 Å². The number of rotatable bonds is 4. The second-order valence-electron chi connectivity index (χ2n) is 5.49. The minimum Gasteiger partial charge on any atom is -0.455 e. The van der Waals surface area contributed by atoms with Gasteiger partial charge in [0.15, 0.2) is 5.75 Å². The lowest BCUT2D eigenvalue weighted by Crippen LogP contribution is -2.13. The first-order valence-electron chi connectivity index (χ1n) is 7.63. The number of nitrogens with one attached hydrogen (secondary N) is 1. The van der Waals surface area contributed by atoms with E-state index < -0.39 is 11.7 Å². The molecule has 0 aromatic heterocycles. The summed E-state index contributed by atoms with van der Waals surface area (Å²) in [5.74, 6) is 0.222. The van der Waals surface area contributed by atoms with Crippen molar-refractivity contribution in [3.63, 3.8) is 0 Å². The molecule has 0 bridgehead atoms. The third kappa shape index (κ3) is 4.17. The summed E-state index contributed by atoms with van der Waals surface area (Å²) in [6.07, 6.45) is 0. The number of carbonyl (C=O) groups is 1. The van der Waals surface area contributed by atoms with Crippen LogP contribution in [0.4, 0.5) is 10.1 Å². The molecule has 0 spiro atoms. The average Bonchev–Trinajstić information content (AvgIpc) is 2.58. The molecule has 1 amide bonds. The zero-order valence-electron chi connectivity index (χ0n) is 13.4. The molecular formula is C20H15ClFNO2. The van der Waals surface area contributed by atoms with E-state index in [9.17, 15) is 9.18 Å². The highest BCUT2D eigenvalue weighted by atomic mass is 35.5. The van der Waals surface area contributed by atoms with E-state index in [1.807, 2.05) is 37.3 Å². The lowest BCUT2D eigenvalue weighted by Gasteiger charge is -2.13. The van der Waals surface area contributed by atoms with Crippen molar-refractivity contribution >= 4 is 23.2 Å². The number of hydrogen-bond donors (Lipinski definition) is 1. The molecule has 0 aliphatic carbocycles. The van der Waals surface area contributed by atoms with E-state index in [0.29, 0.717) is 17.2 Å². The summed E-state index contributed by atoms with van der Waals surface area (Å²) in [5, 5.41) is 2.80. The van der Waals surface area contributed by atoms with Crippen molar-refractivity contribution in [3.8, 4) is 11.5 Å². The van der Waals surface area contributed by atoms with Gasteiger partial charge in [0.25, 0.3) is 5.91 Å². The minimum atomic E-state index is -0.496. The molecule has 126 valence electrons. The van der Waals surface area contributed by atoms with Gasteiger partial charge in [0, 0.05) is 0 Å². The predicted molar refractivity (Wildman–Crippen MR) is 97.1 cm³/mol. The lowest BCUT2D eigenvalue weighted by molar-refractivity contribution is 0.102. The highest BCUT2D eigenvalue weighted by Crippen LogP contribution is 2.30. The molecule has 5 heteroatoms. The summed E-state index contributed by atoms with van der Waals surface area (Å²) >= 11 is 5.94. The molecule has 0 saturated carbocycles. The maximum Gasteiger partial charge on any atom is 0.257 e. The van der Waals surface area contributed by atoms with Crippen LogP contribution in [-0.2, 0) is 0 Å². The Morgan fingerprint density at radius 2 is 1.76 bits per heavy atom. The van der Waals surface area contributed by atoms with Crippen LogP contribution in [0.2, 0.25) is 5.02 Å². The normalized spacial score (nSPS) is 10.4. The van der Waals surface area contributed by atoms with E-state index in [2.05, 4.69) is 5.32 Å². The van der Waals surface area contributed by atoms with Gasteiger partial charge < -0.3 is 10.1 Å². The zero-order valence-corrected chi connectivity index (χ0v) is 14.2. The summed E-state index contributed by atoms with van der Waals surface area (Å²) in [5.41, 5.74) is 1.81. The molecule has 0 aliphatic heterocycles. The molecule has 0 radical (unpaired) electrons. The topological polar surface area (TPSA) is 38.3 Å². The van der Waals surface area contributed by atoms with Crippen LogP contribution in [0.3, 0.4) is 0 Å². The number of halogens is 2. The van der Waals surface area contributed by atoms with E-state index in [4.69, 9.17) is 16.3 Å². The Bertz CT molecular complexity index is 910. The Morgan fingerprint density at radius 3 is 2.48 bits per heavy atom. The summed E-state index contributed by atoms with van der Waals surface area (Å²) in [7, 11) is 0. The van der Waals surface area contributed by atoms with Gasteiger partial charge in [-0.3, -0.25) is 4.79 Å². The maximum atomic E-state index is 13.1. The van der Waals surface area contributed by atoms with Crippen LogP contribution in [0.1, 0.15) is 15.9 Å². The van der Waals surface area contributed by atoms with Gasteiger partial charge in [-0.1, -0.05) is 41.4 Å². The molecule has 3 aromatic carbocycles. The van der Waals surface area contributed by atoms with E-state index >= 15 is 0 Å². The van der Waals surface area contributed by atoms with Crippen molar-refractivity contribution in [1.82, 2.24) is 0 Å². The number of para-hydroxylation sites is 2. The third-order valence-electron chi connectivity index (χ3n) is 3.56. The van der Waals surface area contributed by atoms with Gasteiger partial charge in [-0.25, -0.2) is 4.39 Å². The Hall–Kier alpha value is -2.85. The van der Waals surface area contributed by atoms with Crippen molar-refractivity contribution in [2.24, 2.45) is 0 Å². The van der Waals surface area contributed by atoms with Crippen molar-refractivity contribution in [3.05, 3.63) is 88.7 Å². The molecule has 0 atom stereocenters. The number of aryl methyl sites for hydroxylation is 1. The molecule has 25 heavy (non-hydrogen) atoms. The summed E-state index contributed by atoms with van der Waals surface area (Å²) in [6.45, 7) is 1.99. The molecule has 0 aliphatic rings. The Morgan fingerprint density at radius 1 is 1.04 bits per heavy atom. The van der Waals surface area contributed by atoms with Crippen LogP contribution < -0.4 is 10.1 Å². The Balaban J connectivity index is 1.83. The first-order valence-corrected chi connectivity index (χ1v) is 8.01. The van der Waals surface area contributed by atoms with Crippen LogP contribution >= 0.6 is 11.6 Å². The van der Waals surface area contributed by atoms with Crippen molar-refractivity contribution in [2.75, 3.05) is 5.32 Å². The standard InChI is InChI=1S/C20H15ClFNO2/c1-13-6-9-15(10-7-13)25-19-5-3-2-4-18(19)23-20(24)16-11-8-14(22)12-17(16)21/h2-12H,1H3,(H,23,24). The van der Waals surface area contributed by atoms with Crippen LogP contribution in [0.25, 0.3) is 0 Å². The number of benzene rings is 3. The van der Waals surface area contributed by atoms with Gasteiger partial charge in [-0.2, -0.15) is 0 Å². The van der Waals surface area contributed by atoms with Gasteiger partial charge in [0.05, 0.1) is 16.3 Å². The second kappa shape index (κ2) is 7.36. The molecule has 0 unspecified atom stereocenters. The number of anilines is 1. The quantitative estimate of drug-likeness (QED) is 0.639. The fraction of sp³-hybridized carbons (Fsp3) is 0.0500. The monoisotopic (exact) mass is 355 g/mol. The Kier molecular flexibility index (Phi) is 5.00. The molecule has 3 rings (SSSR count). The van der Waals surface area contributed by atoms with Gasteiger partial charge in [0.2, 0.25) is 0 Å². The lowest BCUT2D eigenvalue weighted by atomic mass is 10.2. The van der Waals surface area contributed by atoms with E-state index in [-0.39, 0.29) is 10.6 Å². The largest absolute Gasteiger partial charge is 0.455 e. The second-order valence-corrected chi connectivity index (χ2v) is 5.90. The number of amides is 1. The number of ether oxygens (including phenoxy) is 1. The van der Waals surface area contributed by atoms with Gasteiger partial charge in [-0.05, 0) is 49.4 Å². The van der Waals surface area contributed by atoms with Gasteiger partial charge in [-0.15, -0.1) is 0 Å². The molecular weight excluding hydrogens is 341 g/mol. The van der Waals surface area contributed by atoms with Crippen LogP contribution in [0.15, 0.2) is 66.7 Å². The summed E-state index contributed by atoms with van der Waals surface area (Å²) < 4.78 is 19.0. The van der Waals surface area contributed by atoms with Gasteiger partial charge in [0.1, 0.15) is 11.6 Å². The fourth-order valence-corrected chi connectivity index (χ4v) is 2.51. The summed E-state index contributed by atoms with van der Waals surface area (Å²) in [6, 6.07) is 18.3. The predicted octanol–water partition coefficient (Wildman–Crippen LogP) is 5.83. The highest BCUT2D eigenvalue weighted by Gasteiger charge is 2.14. The molecule has 0 saturated heterocycles. The zero-order chi connectivity index (χ0) is 17.8. The highest BCUT2D eigenvalue weighted by molar-refractivity contribution is 6.34. The SMILES string of the molecule is Cc1ccc(Oc2ccccc2NC(=O)c2ccc(F)cc2Cl)cc1. The van der Waals surface area contributed by atoms with Crippen molar-refractivity contribution in [2.45, 2.75) is 6.92 Å². The molecule has 0 fully saturated rings. The summed E-state index contributed by atoms with van der Waals surface area (Å²) in [4.78, 5) is 12.4. The number of hydrogen-bond acceptors (Lipinski definition) is 2. The van der Waals surface area contributed by atoms with Crippen LogP contribution in [0.5, 0.6) is 11.5 Å². The van der Waals surface area contributed by atoms with Crippen molar-refractivity contribution < 1.29 is 13.9 Å². The maximum absolute atomic E-state index is 13.1. The first-order chi connectivity index (χ1) is 12.0. The molecule has 3 aromatic rings. The van der Waals surface area contributed by atoms with Crippen molar-refractivity contribution in [1.29, 1.82) is 0 Å². The van der Waals surface area contributed by atoms with Crippen LogP contribution in [-0.4, -0.2) is 5.91 Å². The fourth-order valence-electron chi connectivity index (χ4n) is 2.26. The molecule has 3 nitrogen and oxygen atoms in total. The van der Waals surface area contributed by atoms with E-state index in [1.165, 1.54) is 12.1 Å².